The Labute approximate surface area is 195 Å². The molecule has 0 fully saturated rings. The van der Waals surface area contributed by atoms with Crippen LogP contribution in [-0.4, -0.2) is 33.0 Å². The first-order valence-corrected chi connectivity index (χ1v) is 10.6. The number of carboxylic acids is 1. The van der Waals surface area contributed by atoms with E-state index < -0.39 is 36.3 Å². The summed E-state index contributed by atoms with van der Waals surface area (Å²) in [5.41, 5.74) is 1.31. The molecule has 1 aliphatic rings. The van der Waals surface area contributed by atoms with E-state index in [-0.39, 0.29) is 10.8 Å². The molecular formula is C21H17BrClF2N3O4. The molecule has 0 spiro atoms. The summed E-state index contributed by atoms with van der Waals surface area (Å²) >= 11 is 9.97. The Morgan fingerprint density at radius 1 is 1.31 bits per heavy atom. The zero-order chi connectivity index (χ0) is 23.2. The molecule has 0 bridgehead atoms. The van der Waals surface area contributed by atoms with Gasteiger partial charge in [-0.15, -0.1) is 10.2 Å². The standard InChI is InChI=1S/C21H17BrClF2N3O4/c1-21(24,25)20-27-26-19-15(9-16(29)30)32-18(11-4-3-5-14(31-2)17(11)23)12-8-10(22)6-7-13(12)28(19)20/h3-8,15,18H,9H2,1-2H3,(H,29,30)/t15-,18-/m1/s1. The van der Waals surface area contributed by atoms with E-state index in [1.165, 1.54) is 11.7 Å². The number of rotatable bonds is 5. The number of benzene rings is 2. The molecule has 4 rings (SSSR count). The Kier molecular flexibility index (Phi) is 5.95. The molecule has 3 aromatic rings. The number of methoxy groups -OCH3 is 1. The Morgan fingerprint density at radius 3 is 2.72 bits per heavy atom. The van der Waals surface area contributed by atoms with Crippen LogP contribution < -0.4 is 4.74 Å². The van der Waals surface area contributed by atoms with E-state index in [4.69, 9.17) is 21.1 Å². The van der Waals surface area contributed by atoms with Gasteiger partial charge in [-0.3, -0.25) is 9.36 Å². The van der Waals surface area contributed by atoms with Crippen molar-refractivity contribution in [2.24, 2.45) is 0 Å². The van der Waals surface area contributed by atoms with Gasteiger partial charge in [-0.25, -0.2) is 0 Å². The van der Waals surface area contributed by atoms with Gasteiger partial charge in [0, 0.05) is 22.5 Å². The summed E-state index contributed by atoms with van der Waals surface area (Å²) in [4.78, 5) is 11.6. The van der Waals surface area contributed by atoms with Crippen molar-refractivity contribution in [1.82, 2.24) is 14.8 Å². The number of nitrogens with zero attached hydrogens (tertiary/aromatic N) is 3. The van der Waals surface area contributed by atoms with E-state index >= 15 is 0 Å². The molecule has 32 heavy (non-hydrogen) atoms. The maximum absolute atomic E-state index is 14.4. The molecule has 0 aliphatic carbocycles. The second-order valence-corrected chi connectivity index (χ2v) is 8.57. The van der Waals surface area contributed by atoms with E-state index in [9.17, 15) is 18.7 Å². The van der Waals surface area contributed by atoms with Gasteiger partial charge in [0.1, 0.15) is 18.0 Å². The number of alkyl halides is 2. The average Bonchev–Trinajstić information content (AvgIpc) is 3.12. The number of ether oxygens (including phenoxy) is 2. The van der Waals surface area contributed by atoms with Gasteiger partial charge in [-0.1, -0.05) is 39.7 Å². The lowest BCUT2D eigenvalue weighted by Gasteiger charge is -2.23. The number of hydrogen-bond donors (Lipinski definition) is 1. The van der Waals surface area contributed by atoms with Crippen LogP contribution in [0.1, 0.15) is 48.3 Å². The third kappa shape index (κ3) is 3.98. The molecule has 1 N–H and O–H groups in total. The predicted molar refractivity (Wildman–Crippen MR) is 115 cm³/mol. The minimum Gasteiger partial charge on any atom is -0.495 e. The largest absolute Gasteiger partial charge is 0.495 e. The molecule has 0 unspecified atom stereocenters. The molecular weight excluding hydrogens is 512 g/mol. The van der Waals surface area contributed by atoms with Crippen LogP contribution in [0.5, 0.6) is 5.75 Å². The van der Waals surface area contributed by atoms with Crippen LogP contribution in [0.3, 0.4) is 0 Å². The highest BCUT2D eigenvalue weighted by Gasteiger charge is 2.40. The summed E-state index contributed by atoms with van der Waals surface area (Å²) in [5, 5.41) is 17.3. The maximum Gasteiger partial charge on any atom is 0.306 e. The molecule has 0 amide bonds. The number of halogens is 4. The molecule has 2 aromatic carbocycles. The van der Waals surface area contributed by atoms with Crippen molar-refractivity contribution < 1.29 is 28.2 Å². The van der Waals surface area contributed by atoms with E-state index in [1.54, 1.807) is 36.4 Å². The van der Waals surface area contributed by atoms with Crippen molar-refractivity contribution >= 4 is 33.5 Å². The number of carboxylic acid groups (broad SMARTS) is 1. The number of fused-ring (bicyclic) bond motifs is 3. The van der Waals surface area contributed by atoms with Crippen LogP contribution in [0.2, 0.25) is 5.02 Å². The Morgan fingerprint density at radius 2 is 2.06 bits per heavy atom. The molecule has 0 saturated heterocycles. The zero-order valence-electron chi connectivity index (χ0n) is 16.9. The molecule has 7 nitrogen and oxygen atoms in total. The van der Waals surface area contributed by atoms with Gasteiger partial charge in [-0.05, 0) is 24.3 Å². The summed E-state index contributed by atoms with van der Waals surface area (Å²) in [7, 11) is 1.47. The Bertz CT molecular complexity index is 1200. The quantitative estimate of drug-likeness (QED) is 0.475. The first-order valence-electron chi connectivity index (χ1n) is 9.45. The van der Waals surface area contributed by atoms with Gasteiger partial charge in [0.05, 0.1) is 24.2 Å². The fraction of sp³-hybridized carbons (Fsp3) is 0.286. The molecule has 11 heteroatoms. The van der Waals surface area contributed by atoms with E-state index in [2.05, 4.69) is 26.1 Å². The highest BCUT2D eigenvalue weighted by Crippen LogP contribution is 2.46. The number of aliphatic carboxylic acids is 1. The number of aromatic nitrogens is 3. The molecule has 2 heterocycles. The molecule has 0 saturated carbocycles. The summed E-state index contributed by atoms with van der Waals surface area (Å²) in [6.45, 7) is 0.706. The molecule has 168 valence electrons. The molecule has 2 atom stereocenters. The second-order valence-electron chi connectivity index (χ2n) is 7.27. The fourth-order valence-corrected chi connectivity index (χ4v) is 4.37. The average molecular weight is 529 g/mol. The number of carbonyl (C=O) groups is 1. The first kappa shape index (κ1) is 22.6. The summed E-state index contributed by atoms with van der Waals surface area (Å²) < 4.78 is 42.2. The predicted octanol–water partition coefficient (Wildman–Crippen LogP) is 5.44. The van der Waals surface area contributed by atoms with Gasteiger partial charge in [-0.2, -0.15) is 8.78 Å². The topological polar surface area (TPSA) is 86.5 Å². The smallest absolute Gasteiger partial charge is 0.306 e. The van der Waals surface area contributed by atoms with Gasteiger partial charge in [0.25, 0.3) is 0 Å². The normalized spacial score (nSPS) is 17.9. The van der Waals surface area contributed by atoms with Crippen molar-refractivity contribution in [1.29, 1.82) is 0 Å². The van der Waals surface area contributed by atoms with E-state index in [0.29, 0.717) is 34.0 Å². The van der Waals surface area contributed by atoms with Gasteiger partial charge < -0.3 is 14.6 Å². The van der Waals surface area contributed by atoms with Gasteiger partial charge in [0.15, 0.2) is 5.82 Å². The third-order valence-corrected chi connectivity index (χ3v) is 5.94. The van der Waals surface area contributed by atoms with Gasteiger partial charge in [0.2, 0.25) is 5.82 Å². The van der Waals surface area contributed by atoms with Crippen molar-refractivity contribution in [3.63, 3.8) is 0 Å². The molecule has 0 radical (unpaired) electrons. The monoisotopic (exact) mass is 527 g/mol. The first-order chi connectivity index (χ1) is 15.1. The SMILES string of the molecule is COc1cccc([C@H]2O[C@H](CC(=O)O)c3nnc(C(C)(F)F)n3-c3ccc(Br)cc32)c1Cl. The van der Waals surface area contributed by atoms with Crippen molar-refractivity contribution in [3.05, 3.63) is 68.7 Å². The van der Waals surface area contributed by atoms with Crippen LogP contribution in [0.15, 0.2) is 40.9 Å². The van der Waals surface area contributed by atoms with E-state index in [1.807, 2.05) is 0 Å². The lowest BCUT2D eigenvalue weighted by molar-refractivity contribution is -0.141. The van der Waals surface area contributed by atoms with Crippen LogP contribution in [0.25, 0.3) is 5.69 Å². The third-order valence-electron chi connectivity index (χ3n) is 5.04. The molecule has 1 aliphatic heterocycles. The highest BCUT2D eigenvalue weighted by molar-refractivity contribution is 9.10. The van der Waals surface area contributed by atoms with Crippen LogP contribution in [0, 0.1) is 0 Å². The van der Waals surface area contributed by atoms with Crippen LogP contribution >= 0.6 is 27.5 Å². The fourth-order valence-electron chi connectivity index (χ4n) is 3.69. The minimum atomic E-state index is -3.34. The summed E-state index contributed by atoms with van der Waals surface area (Å²) in [6, 6.07) is 10.1. The lowest BCUT2D eigenvalue weighted by Crippen LogP contribution is -2.18. The lowest BCUT2D eigenvalue weighted by atomic mass is 9.99. The van der Waals surface area contributed by atoms with Crippen molar-refractivity contribution in [2.75, 3.05) is 7.11 Å². The summed E-state index contributed by atoms with van der Waals surface area (Å²) in [5.74, 6) is -4.78. The number of hydrogen-bond acceptors (Lipinski definition) is 5. The van der Waals surface area contributed by atoms with Crippen LogP contribution in [0.4, 0.5) is 8.78 Å². The van der Waals surface area contributed by atoms with E-state index in [0.717, 1.165) is 0 Å². The maximum atomic E-state index is 14.4. The zero-order valence-corrected chi connectivity index (χ0v) is 19.2. The van der Waals surface area contributed by atoms with Crippen LogP contribution in [-0.2, 0) is 15.5 Å². The Balaban J connectivity index is 2.03. The molecule has 1 aromatic heterocycles. The van der Waals surface area contributed by atoms with Gasteiger partial charge >= 0.3 is 11.9 Å². The second kappa shape index (κ2) is 8.42. The minimum absolute atomic E-state index is 0.0333. The van der Waals surface area contributed by atoms with Crippen molar-refractivity contribution in [2.45, 2.75) is 31.5 Å². The van der Waals surface area contributed by atoms with Crippen molar-refractivity contribution in [3.8, 4) is 11.4 Å². The highest BCUT2D eigenvalue weighted by atomic mass is 79.9. The Hall–Kier alpha value is -2.56. The summed E-state index contributed by atoms with van der Waals surface area (Å²) in [6.07, 6.45) is -2.58.